The molecule has 1 aromatic rings. The van der Waals surface area contributed by atoms with E-state index in [1.54, 1.807) is 0 Å². The molecule has 2 aliphatic heterocycles. The molecule has 2 fully saturated rings. The fourth-order valence-electron chi connectivity index (χ4n) is 3.08. The summed E-state index contributed by atoms with van der Waals surface area (Å²) >= 11 is 5.58. The van der Waals surface area contributed by atoms with Crippen molar-refractivity contribution in [2.75, 3.05) is 18.1 Å². The van der Waals surface area contributed by atoms with Crippen LogP contribution in [0.15, 0.2) is 24.3 Å². The summed E-state index contributed by atoms with van der Waals surface area (Å²) < 4.78 is 12.4. The van der Waals surface area contributed by atoms with E-state index in [1.165, 1.54) is 29.9 Å². The van der Waals surface area contributed by atoms with Crippen molar-refractivity contribution in [3.05, 3.63) is 29.8 Å². The minimum absolute atomic E-state index is 0.0948. The second-order valence-electron chi connectivity index (χ2n) is 5.62. The molecule has 2 saturated heterocycles. The zero-order valence-electron chi connectivity index (χ0n) is 11.6. The molecule has 0 saturated carbocycles. The molecule has 0 amide bonds. The van der Waals surface area contributed by atoms with Crippen LogP contribution in [-0.4, -0.2) is 29.8 Å². The van der Waals surface area contributed by atoms with Gasteiger partial charge < -0.3 is 9.47 Å². The number of ether oxygens (including phenoxy) is 2. The van der Waals surface area contributed by atoms with E-state index in [1.807, 2.05) is 17.8 Å². The van der Waals surface area contributed by atoms with Gasteiger partial charge in [-0.05, 0) is 30.4 Å². The molecular weight excluding hydrogens is 336 g/mol. The summed E-state index contributed by atoms with van der Waals surface area (Å²) in [7, 11) is 0. The van der Waals surface area contributed by atoms with E-state index in [9.17, 15) is 0 Å². The minimum atomic E-state index is 0.0948. The lowest BCUT2D eigenvalue weighted by molar-refractivity contribution is -0.116. The fraction of sp³-hybridized carbons (Fsp3) is 0.625. The summed E-state index contributed by atoms with van der Waals surface area (Å²) in [5.74, 6) is 3.48. The number of alkyl halides is 1. The van der Waals surface area contributed by atoms with Crippen LogP contribution in [-0.2, 0) is 10.1 Å². The van der Waals surface area contributed by atoms with Crippen LogP contribution in [0.25, 0.3) is 0 Å². The predicted octanol–water partition coefficient (Wildman–Crippen LogP) is 4.41. The number of halogens is 1. The third-order valence-electron chi connectivity index (χ3n) is 4.26. The molecule has 0 aromatic heterocycles. The summed E-state index contributed by atoms with van der Waals surface area (Å²) in [4.78, 5) is 0. The molecule has 1 atom stereocenters. The Morgan fingerprint density at radius 2 is 2.10 bits per heavy atom. The van der Waals surface area contributed by atoms with Crippen LogP contribution in [0.4, 0.5) is 0 Å². The molecule has 3 rings (SSSR count). The fourth-order valence-corrected chi connectivity index (χ4v) is 4.78. The number of benzene rings is 1. The highest BCUT2D eigenvalue weighted by Gasteiger charge is 2.39. The van der Waals surface area contributed by atoms with E-state index in [2.05, 4.69) is 34.1 Å². The molecule has 110 valence electrons. The topological polar surface area (TPSA) is 18.5 Å². The van der Waals surface area contributed by atoms with Gasteiger partial charge in [-0.15, -0.1) is 0 Å². The first kappa shape index (κ1) is 14.7. The van der Waals surface area contributed by atoms with E-state index >= 15 is 0 Å². The van der Waals surface area contributed by atoms with Crippen molar-refractivity contribution in [3.63, 3.8) is 0 Å². The Morgan fingerprint density at radius 3 is 2.90 bits per heavy atom. The molecule has 0 aliphatic carbocycles. The van der Waals surface area contributed by atoms with Crippen molar-refractivity contribution < 1.29 is 9.47 Å². The minimum Gasteiger partial charge on any atom is -0.490 e. The monoisotopic (exact) mass is 356 g/mol. The third-order valence-corrected chi connectivity index (χ3v) is 5.85. The zero-order chi connectivity index (χ0) is 13.8. The maximum Gasteiger partial charge on any atom is 0.123 e. The van der Waals surface area contributed by atoms with Gasteiger partial charge in [0, 0.05) is 23.7 Å². The Hall–Kier alpha value is -0.190. The molecule has 0 N–H and O–H groups in total. The molecule has 2 aliphatic rings. The van der Waals surface area contributed by atoms with Crippen LogP contribution in [0, 0.1) is 0 Å². The van der Waals surface area contributed by atoms with Crippen molar-refractivity contribution in [1.82, 2.24) is 0 Å². The Bertz CT molecular complexity index is 440. The van der Waals surface area contributed by atoms with Crippen LogP contribution in [0.3, 0.4) is 0 Å². The van der Waals surface area contributed by atoms with E-state index in [0.29, 0.717) is 6.10 Å². The van der Waals surface area contributed by atoms with Crippen molar-refractivity contribution in [2.45, 2.75) is 42.7 Å². The van der Waals surface area contributed by atoms with Crippen LogP contribution < -0.4 is 4.74 Å². The first-order valence-corrected chi connectivity index (χ1v) is 9.61. The standard InChI is InChI=1S/C16H21BrO2S/c17-12-13-3-1-2-4-15(13)19-14-5-8-18-16(11-14)6-9-20-10-7-16/h1-4,14H,5-12H2. The molecule has 1 spiro atoms. The first-order chi connectivity index (χ1) is 9.81. The van der Waals surface area contributed by atoms with Gasteiger partial charge in [-0.3, -0.25) is 0 Å². The maximum atomic E-state index is 6.29. The average Bonchev–Trinajstić information content (AvgIpc) is 2.49. The summed E-state index contributed by atoms with van der Waals surface area (Å²) in [5.41, 5.74) is 1.32. The number of rotatable bonds is 3. The van der Waals surface area contributed by atoms with Gasteiger partial charge in [0.15, 0.2) is 0 Å². The summed E-state index contributed by atoms with van der Waals surface area (Å²) in [5, 5.41) is 0.841. The molecule has 0 radical (unpaired) electrons. The van der Waals surface area contributed by atoms with Crippen LogP contribution in [0.1, 0.15) is 31.2 Å². The molecule has 2 nitrogen and oxygen atoms in total. The van der Waals surface area contributed by atoms with Gasteiger partial charge in [0.2, 0.25) is 0 Å². The number of thioether (sulfide) groups is 1. The van der Waals surface area contributed by atoms with E-state index < -0.39 is 0 Å². The molecule has 4 heteroatoms. The van der Waals surface area contributed by atoms with Crippen molar-refractivity contribution in [1.29, 1.82) is 0 Å². The summed E-state index contributed by atoms with van der Waals surface area (Å²) in [6.07, 6.45) is 4.71. The molecule has 0 bridgehead atoms. The van der Waals surface area contributed by atoms with Gasteiger partial charge >= 0.3 is 0 Å². The van der Waals surface area contributed by atoms with Crippen LogP contribution in [0.5, 0.6) is 5.75 Å². The van der Waals surface area contributed by atoms with E-state index in [-0.39, 0.29) is 5.60 Å². The lowest BCUT2D eigenvalue weighted by Crippen LogP contribution is -2.46. The van der Waals surface area contributed by atoms with Gasteiger partial charge in [0.25, 0.3) is 0 Å². The molecular formula is C16H21BrO2S. The van der Waals surface area contributed by atoms with Crippen LogP contribution in [0.2, 0.25) is 0 Å². The largest absolute Gasteiger partial charge is 0.490 e. The Balaban J connectivity index is 1.68. The lowest BCUT2D eigenvalue weighted by atomic mass is 9.86. The molecule has 1 unspecified atom stereocenters. The second kappa shape index (κ2) is 6.71. The van der Waals surface area contributed by atoms with E-state index in [0.717, 1.165) is 30.5 Å². The van der Waals surface area contributed by atoms with Crippen LogP contribution >= 0.6 is 27.7 Å². The number of hydrogen-bond acceptors (Lipinski definition) is 3. The highest BCUT2D eigenvalue weighted by molar-refractivity contribution is 9.08. The van der Waals surface area contributed by atoms with Gasteiger partial charge in [-0.2, -0.15) is 11.8 Å². The normalized spacial score (nSPS) is 25.6. The van der Waals surface area contributed by atoms with Crippen molar-refractivity contribution in [2.24, 2.45) is 0 Å². The SMILES string of the molecule is BrCc1ccccc1OC1CCOC2(CCSCC2)C1. The van der Waals surface area contributed by atoms with Crippen molar-refractivity contribution >= 4 is 27.7 Å². The second-order valence-corrected chi connectivity index (χ2v) is 7.40. The Morgan fingerprint density at radius 1 is 1.30 bits per heavy atom. The molecule has 1 aromatic carbocycles. The number of para-hydroxylation sites is 1. The average molecular weight is 357 g/mol. The van der Waals surface area contributed by atoms with Gasteiger partial charge in [0.1, 0.15) is 11.9 Å². The third kappa shape index (κ3) is 3.34. The summed E-state index contributed by atoms with van der Waals surface area (Å²) in [6.45, 7) is 0.839. The van der Waals surface area contributed by atoms with Gasteiger partial charge in [-0.25, -0.2) is 0 Å². The van der Waals surface area contributed by atoms with Crippen molar-refractivity contribution in [3.8, 4) is 5.75 Å². The Kier molecular flexibility index (Phi) is 4.95. The predicted molar refractivity (Wildman–Crippen MR) is 88.0 cm³/mol. The summed E-state index contributed by atoms with van der Waals surface area (Å²) in [6, 6.07) is 8.31. The molecule has 2 heterocycles. The number of hydrogen-bond donors (Lipinski definition) is 0. The molecule has 20 heavy (non-hydrogen) atoms. The highest BCUT2D eigenvalue weighted by atomic mass is 79.9. The van der Waals surface area contributed by atoms with E-state index in [4.69, 9.17) is 9.47 Å². The zero-order valence-corrected chi connectivity index (χ0v) is 14.0. The maximum absolute atomic E-state index is 6.29. The Labute approximate surface area is 133 Å². The van der Waals surface area contributed by atoms with Gasteiger partial charge in [0.05, 0.1) is 12.2 Å². The first-order valence-electron chi connectivity index (χ1n) is 7.34. The van der Waals surface area contributed by atoms with Gasteiger partial charge in [-0.1, -0.05) is 34.1 Å². The highest BCUT2D eigenvalue weighted by Crippen LogP contribution is 2.39. The quantitative estimate of drug-likeness (QED) is 0.747. The lowest BCUT2D eigenvalue weighted by Gasteiger charge is -2.43. The smallest absolute Gasteiger partial charge is 0.123 e.